The van der Waals surface area contributed by atoms with Crippen molar-refractivity contribution in [3.8, 4) is 0 Å². The standard InChI is InChI=1S/C23H22FN3O/c24-21-10-8-19(9-11-21)22(18-5-2-1-3-6-18)26-13-15-27(16-14-26)23(28)20-7-4-12-25-17-20/h1-12,17,22H,13-16H2. The number of nitrogens with zero attached hydrogens (tertiary/aromatic N) is 3. The Morgan fingerprint density at radius 2 is 1.54 bits per heavy atom. The number of amides is 1. The Morgan fingerprint density at radius 3 is 2.18 bits per heavy atom. The lowest BCUT2D eigenvalue weighted by Gasteiger charge is -2.39. The van der Waals surface area contributed by atoms with E-state index in [1.807, 2.05) is 35.2 Å². The van der Waals surface area contributed by atoms with Crippen molar-refractivity contribution in [2.45, 2.75) is 6.04 Å². The molecule has 4 nitrogen and oxygen atoms in total. The van der Waals surface area contributed by atoms with Crippen molar-refractivity contribution in [2.75, 3.05) is 26.2 Å². The second-order valence-electron chi connectivity index (χ2n) is 6.93. The van der Waals surface area contributed by atoms with E-state index in [0.717, 1.165) is 18.7 Å². The summed E-state index contributed by atoms with van der Waals surface area (Å²) in [4.78, 5) is 21.0. The summed E-state index contributed by atoms with van der Waals surface area (Å²) in [5.74, 6) is -0.215. The number of piperazine rings is 1. The van der Waals surface area contributed by atoms with Gasteiger partial charge >= 0.3 is 0 Å². The van der Waals surface area contributed by atoms with Gasteiger partial charge in [-0.3, -0.25) is 14.7 Å². The molecule has 5 heteroatoms. The van der Waals surface area contributed by atoms with Gasteiger partial charge in [0.1, 0.15) is 5.82 Å². The van der Waals surface area contributed by atoms with E-state index >= 15 is 0 Å². The summed E-state index contributed by atoms with van der Waals surface area (Å²) in [6, 6.07) is 20.6. The molecule has 1 aliphatic heterocycles. The zero-order valence-corrected chi connectivity index (χ0v) is 15.5. The summed E-state index contributed by atoms with van der Waals surface area (Å²) >= 11 is 0. The lowest BCUT2D eigenvalue weighted by Crippen LogP contribution is -2.49. The molecule has 0 bridgehead atoms. The summed E-state index contributed by atoms with van der Waals surface area (Å²) in [6.07, 6.45) is 3.28. The van der Waals surface area contributed by atoms with E-state index in [9.17, 15) is 9.18 Å². The molecule has 1 atom stereocenters. The molecule has 28 heavy (non-hydrogen) atoms. The molecule has 1 fully saturated rings. The van der Waals surface area contributed by atoms with Gasteiger partial charge in [0.15, 0.2) is 0 Å². The summed E-state index contributed by atoms with van der Waals surface area (Å²) in [7, 11) is 0. The SMILES string of the molecule is O=C(c1cccnc1)N1CCN(C(c2ccccc2)c2ccc(F)cc2)CC1. The molecule has 0 N–H and O–H groups in total. The van der Waals surface area contributed by atoms with E-state index in [-0.39, 0.29) is 17.8 Å². The minimum absolute atomic E-state index is 0.0193. The molecule has 0 radical (unpaired) electrons. The Bertz CT molecular complexity index is 908. The highest BCUT2D eigenvalue weighted by molar-refractivity contribution is 5.93. The molecule has 1 amide bonds. The third kappa shape index (κ3) is 3.94. The fourth-order valence-corrected chi connectivity index (χ4v) is 3.75. The van der Waals surface area contributed by atoms with Gasteiger partial charge in [0, 0.05) is 38.6 Å². The number of hydrogen-bond acceptors (Lipinski definition) is 3. The van der Waals surface area contributed by atoms with E-state index in [1.54, 1.807) is 24.5 Å². The van der Waals surface area contributed by atoms with E-state index in [2.05, 4.69) is 22.0 Å². The van der Waals surface area contributed by atoms with E-state index in [0.29, 0.717) is 18.7 Å². The maximum absolute atomic E-state index is 13.4. The lowest BCUT2D eigenvalue weighted by molar-refractivity contribution is 0.0597. The first kappa shape index (κ1) is 18.3. The molecule has 4 rings (SSSR count). The second-order valence-corrected chi connectivity index (χ2v) is 6.93. The summed E-state index contributed by atoms with van der Waals surface area (Å²) in [6.45, 7) is 2.81. The van der Waals surface area contributed by atoms with Crippen LogP contribution in [-0.2, 0) is 0 Å². The zero-order chi connectivity index (χ0) is 19.3. The summed E-state index contributed by atoms with van der Waals surface area (Å²) < 4.78 is 13.4. The van der Waals surface area contributed by atoms with Gasteiger partial charge in [-0.15, -0.1) is 0 Å². The Morgan fingerprint density at radius 1 is 0.857 bits per heavy atom. The highest BCUT2D eigenvalue weighted by Crippen LogP contribution is 2.29. The molecule has 142 valence electrons. The van der Waals surface area contributed by atoms with Gasteiger partial charge in [0.05, 0.1) is 11.6 Å². The molecular weight excluding hydrogens is 353 g/mol. The topological polar surface area (TPSA) is 36.4 Å². The molecule has 0 saturated carbocycles. The van der Waals surface area contributed by atoms with Crippen LogP contribution in [0.4, 0.5) is 4.39 Å². The molecule has 0 aliphatic carbocycles. The third-order valence-electron chi connectivity index (χ3n) is 5.18. The maximum Gasteiger partial charge on any atom is 0.255 e. The van der Waals surface area contributed by atoms with Gasteiger partial charge < -0.3 is 4.90 Å². The van der Waals surface area contributed by atoms with Crippen molar-refractivity contribution in [2.24, 2.45) is 0 Å². The van der Waals surface area contributed by atoms with Crippen LogP contribution in [-0.4, -0.2) is 46.9 Å². The third-order valence-corrected chi connectivity index (χ3v) is 5.18. The molecule has 2 aromatic carbocycles. The van der Waals surface area contributed by atoms with Crippen LogP contribution in [0.5, 0.6) is 0 Å². The number of rotatable bonds is 4. The zero-order valence-electron chi connectivity index (χ0n) is 15.5. The van der Waals surface area contributed by atoms with Crippen LogP contribution in [0, 0.1) is 5.82 Å². The minimum Gasteiger partial charge on any atom is -0.336 e. The van der Waals surface area contributed by atoms with Gasteiger partial charge in [-0.1, -0.05) is 42.5 Å². The molecule has 1 saturated heterocycles. The molecule has 3 aromatic rings. The smallest absolute Gasteiger partial charge is 0.255 e. The largest absolute Gasteiger partial charge is 0.336 e. The average molecular weight is 375 g/mol. The lowest BCUT2D eigenvalue weighted by atomic mass is 9.96. The van der Waals surface area contributed by atoms with Gasteiger partial charge in [0.25, 0.3) is 5.91 Å². The normalized spacial score (nSPS) is 16.0. The van der Waals surface area contributed by atoms with E-state index in [1.165, 1.54) is 17.7 Å². The molecule has 1 aromatic heterocycles. The molecular formula is C23H22FN3O. The van der Waals surface area contributed by atoms with Crippen LogP contribution in [0.15, 0.2) is 79.1 Å². The van der Waals surface area contributed by atoms with Crippen LogP contribution in [0.1, 0.15) is 27.5 Å². The summed E-state index contributed by atoms with van der Waals surface area (Å²) in [5.41, 5.74) is 2.84. The Kier molecular flexibility index (Phi) is 5.44. The number of carbonyl (C=O) groups excluding carboxylic acids is 1. The molecule has 1 unspecified atom stereocenters. The van der Waals surface area contributed by atoms with Crippen molar-refractivity contribution < 1.29 is 9.18 Å². The second kappa shape index (κ2) is 8.31. The van der Waals surface area contributed by atoms with Crippen molar-refractivity contribution in [3.05, 3.63) is 102 Å². The van der Waals surface area contributed by atoms with Gasteiger partial charge in [0.2, 0.25) is 0 Å². The Balaban J connectivity index is 1.53. The number of halogens is 1. The van der Waals surface area contributed by atoms with E-state index < -0.39 is 0 Å². The van der Waals surface area contributed by atoms with Gasteiger partial charge in [-0.25, -0.2) is 4.39 Å². The Hall–Kier alpha value is -3.05. The monoisotopic (exact) mass is 375 g/mol. The molecule has 1 aliphatic rings. The first-order chi connectivity index (χ1) is 13.7. The number of carbonyl (C=O) groups is 1. The highest BCUT2D eigenvalue weighted by atomic mass is 19.1. The Labute approximate surface area is 164 Å². The number of aromatic nitrogens is 1. The fraction of sp³-hybridized carbons (Fsp3) is 0.217. The summed E-state index contributed by atoms with van der Waals surface area (Å²) in [5, 5.41) is 0. The number of pyridine rings is 1. The van der Waals surface area contributed by atoms with Crippen molar-refractivity contribution in [3.63, 3.8) is 0 Å². The number of hydrogen-bond donors (Lipinski definition) is 0. The van der Waals surface area contributed by atoms with Crippen LogP contribution in [0.3, 0.4) is 0 Å². The molecule has 0 spiro atoms. The van der Waals surface area contributed by atoms with Crippen LogP contribution < -0.4 is 0 Å². The highest BCUT2D eigenvalue weighted by Gasteiger charge is 2.28. The quantitative estimate of drug-likeness (QED) is 0.697. The van der Waals surface area contributed by atoms with Crippen molar-refractivity contribution in [1.29, 1.82) is 0 Å². The van der Waals surface area contributed by atoms with Crippen LogP contribution >= 0.6 is 0 Å². The van der Waals surface area contributed by atoms with Crippen molar-refractivity contribution >= 4 is 5.91 Å². The average Bonchev–Trinajstić information content (AvgIpc) is 2.77. The maximum atomic E-state index is 13.4. The van der Waals surface area contributed by atoms with Crippen LogP contribution in [0.25, 0.3) is 0 Å². The van der Waals surface area contributed by atoms with Crippen LogP contribution in [0.2, 0.25) is 0 Å². The fourth-order valence-electron chi connectivity index (χ4n) is 3.75. The van der Waals surface area contributed by atoms with E-state index in [4.69, 9.17) is 0 Å². The van der Waals surface area contributed by atoms with Crippen molar-refractivity contribution in [1.82, 2.24) is 14.8 Å². The van der Waals surface area contributed by atoms with Gasteiger partial charge in [-0.05, 0) is 35.4 Å². The first-order valence-corrected chi connectivity index (χ1v) is 9.46. The number of benzene rings is 2. The predicted molar refractivity (Wildman–Crippen MR) is 106 cm³/mol. The predicted octanol–water partition coefficient (Wildman–Crippen LogP) is 3.77. The van der Waals surface area contributed by atoms with Gasteiger partial charge in [-0.2, -0.15) is 0 Å². The first-order valence-electron chi connectivity index (χ1n) is 9.46. The molecule has 2 heterocycles. The minimum atomic E-state index is -0.234.